The van der Waals surface area contributed by atoms with E-state index in [-0.39, 0.29) is 5.91 Å². The van der Waals surface area contributed by atoms with Crippen molar-refractivity contribution in [2.24, 2.45) is 0 Å². The van der Waals surface area contributed by atoms with Gasteiger partial charge in [-0.15, -0.1) is 0 Å². The lowest BCUT2D eigenvalue weighted by Gasteiger charge is -2.02. The quantitative estimate of drug-likeness (QED) is 0.750. The van der Waals surface area contributed by atoms with Crippen molar-refractivity contribution in [2.75, 3.05) is 12.4 Å². The van der Waals surface area contributed by atoms with Crippen molar-refractivity contribution < 1.29 is 9.53 Å². The first-order valence-corrected chi connectivity index (χ1v) is 4.96. The molecular weight excluding hydrogens is 190 g/mol. The van der Waals surface area contributed by atoms with Crippen LogP contribution in [0.1, 0.15) is 18.9 Å². The molecule has 3 heteroatoms. The number of methoxy groups -OCH3 is 1. The number of carbonyl (C=O) groups excluding carboxylic acids is 1. The van der Waals surface area contributed by atoms with E-state index < -0.39 is 0 Å². The van der Waals surface area contributed by atoms with E-state index >= 15 is 0 Å². The smallest absolute Gasteiger partial charge is 0.256 e. The monoisotopic (exact) mass is 203 g/mol. The van der Waals surface area contributed by atoms with E-state index in [1.54, 1.807) is 7.11 Å². The van der Waals surface area contributed by atoms with Crippen LogP contribution in [0.2, 0.25) is 0 Å². The molecule has 1 aliphatic heterocycles. The molecule has 1 heterocycles. The van der Waals surface area contributed by atoms with Crippen LogP contribution in [0.3, 0.4) is 0 Å². The maximum Gasteiger partial charge on any atom is 0.256 e. The Morgan fingerprint density at radius 3 is 2.93 bits per heavy atom. The first kappa shape index (κ1) is 9.77. The summed E-state index contributed by atoms with van der Waals surface area (Å²) in [6.07, 6.45) is 2.79. The van der Waals surface area contributed by atoms with Crippen LogP contribution in [0.4, 0.5) is 5.69 Å². The van der Waals surface area contributed by atoms with Crippen LogP contribution >= 0.6 is 0 Å². The fourth-order valence-corrected chi connectivity index (χ4v) is 1.71. The van der Waals surface area contributed by atoms with Crippen molar-refractivity contribution in [3.8, 4) is 5.75 Å². The fourth-order valence-electron chi connectivity index (χ4n) is 1.71. The molecule has 0 atom stereocenters. The van der Waals surface area contributed by atoms with Gasteiger partial charge in [-0.1, -0.05) is 13.0 Å². The molecule has 0 bridgehead atoms. The summed E-state index contributed by atoms with van der Waals surface area (Å²) >= 11 is 0. The Balaban J connectivity index is 2.47. The van der Waals surface area contributed by atoms with Gasteiger partial charge in [-0.25, -0.2) is 0 Å². The topological polar surface area (TPSA) is 38.3 Å². The van der Waals surface area contributed by atoms with Crippen LogP contribution in [0.25, 0.3) is 5.57 Å². The number of fused-ring (bicyclic) bond motifs is 1. The Morgan fingerprint density at radius 1 is 1.47 bits per heavy atom. The highest BCUT2D eigenvalue weighted by atomic mass is 16.5. The Labute approximate surface area is 88.8 Å². The van der Waals surface area contributed by atoms with Gasteiger partial charge in [0.25, 0.3) is 5.91 Å². The van der Waals surface area contributed by atoms with E-state index in [0.717, 1.165) is 29.0 Å². The molecule has 0 fully saturated rings. The van der Waals surface area contributed by atoms with E-state index in [1.165, 1.54) is 0 Å². The zero-order valence-corrected chi connectivity index (χ0v) is 8.83. The highest BCUT2D eigenvalue weighted by molar-refractivity contribution is 6.31. The van der Waals surface area contributed by atoms with Gasteiger partial charge in [0.05, 0.1) is 12.8 Å². The summed E-state index contributed by atoms with van der Waals surface area (Å²) in [4.78, 5) is 11.6. The van der Waals surface area contributed by atoms with Crippen LogP contribution in [-0.4, -0.2) is 13.0 Å². The number of carbonyl (C=O) groups is 1. The minimum Gasteiger partial charge on any atom is -0.497 e. The summed E-state index contributed by atoms with van der Waals surface area (Å²) in [5.74, 6) is 0.729. The number of nitrogens with one attached hydrogen (secondary N) is 1. The second-order valence-electron chi connectivity index (χ2n) is 3.39. The summed E-state index contributed by atoms with van der Waals surface area (Å²) < 4.78 is 5.10. The van der Waals surface area contributed by atoms with Crippen molar-refractivity contribution in [1.29, 1.82) is 0 Å². The lowest BCUT2D eigenvalue weighted by atomic mass is 10.1. The molecule has 3 nitrogen and oxygen atoms in total. The zero-order valence-electron chi connectivity index (χ0n) is 8.83. The molecule has 1 amide bonds. The average molecular weight is 203 g/mol. The number of ether oxygens (including phenoxy) is 1. The van der Waals surface area contributed by atoms with E-state index in [1.807, 2.05) is 31.2 Å². The summed E-state index contributed by atoms with van der Waals surface area (Å²) in [6.45, 7) is 2.02. The van der Waals surface area contributed by atoms with E-state index in [0.29, 0.717) is 0 Å². The molecule has 1 aromatic carbocycles. The number of hydrogen-bond acceptors (Lipinski definition) is 2. The van der Waals surface area contributed by atoms with Crippen LogP contribution in [-0.2, 0) is 4.79 Å². The lowest BCUT2D eigenvalue weighted by molar-refractivity contribution is -0.110. The molecule has 0 saturated carbocycles. The SMILES string of the molecule is CCC=C1C(=O)Nc2cc(OC)ccc21. The van der Waals surface area contributed by atoms with Gasteiger partial charge in [0.2, 0.25) is 0 Å². The van der Waals surface area contributed by atoms with E-state index in [9.17, 15) is 4.79 Å². The van der Waals surface area contributed by atoms with Gasteiger partial charge in [-0.2, -0.15) is 0 Å². The molecule has 0 radical (unpaired) electrons. The summed E-state index contributed by atoms with van der Waals surface area (Å²) in [5.41, 5.74) is 2.55. The lowest BCUT2D eigenvalue weighted by Crippen LogP contribution is -2.03. The summed E-state index contributed by atoms with van der Waals surface area (Å²) in [7, 11) is 1.61. The number of amides is 1. The molecule has 0 saturated heterocycles. The molecule has 0 aromatic heterocycles. The van der Waals surface area contributed by atoms with Crippen LogP contribution in [0.5, 0.6) is 5.75 Å². The van der Waals surface area contributed by atoms with Gasteiger partial charge in [-0.05, 0) is 18.6 Å². The molecule has 1 N–H and O–H groups in total. The minimum atomic E-state index is -0.0277. The van der Waals surface area contributed by atoms with Crippen molar-refractivity contribution in [2.45, 2.75) is 13.3 Å². The molecule has 78 valence electrons. The second-order valence-corrected chi connectivity index (χ2v) is 3.39. The van der Waals surface area contributed by atoms with Crippen LogP contribution in [0, 0.1) is 0 Å². The third-order valence-corrected chi connectivity index (χ3v) is 2.42. The van der Waals surface area contributed by atoms with Gasteiger partial charge in [0, 0.05) is 17.2 Å². The van der Waals surface area contributed by atoms with Crippen LogP contribution < -0.4 is 10.1 Å². The molecule has 0 spiro atoms. The minimum absolute atomic E-state index is 0.0277. The standard InChI is InChI=1S/C12H13NO2/c1-3-4-10-9-6-5-8(15-2)7-11(9)13-12(10)14/h4-7H,3H2,1-2H3,(H,13,14). The normalized spacial score (nSPS) is 16.4. The molecule has 15 heavy (non-hydrogen) atoms. The van der Waals surface area contributed by atoms with E-state index in [4.69, 9.17) is 4.74 Å². The number of benzene rings is 1. The van der Waals surface area contributed by atoms with Crippen molar-refractivity contribution in [1.82, 2.24) is 0 Å². The van der Waals surface area contributed by atoms with E-state index in [2.05, 4.69) is 5.32 Å². The van der Waals surface area contributed by atoms with Crippen molar-refractivity contribution >= 4 is 17.2 Å². The van der Waals surface area contributed by atoms with Gasteiger partial charge < -0.3 is 10.1 Å². The Bertz CT molecular complexity index is 435. The number of rotatable bonds is 2. The number of anilines is 1. The average Bonchev–Trinajstić information content (AvgIpc) is 2.55. The summed E-state index contributed by atoms with van der Waals surface area (Å²) in [6, 6.07) is 5.61. The van der Waals surface area contributed by atoms with Crippen molar-refractivity contribution in [3.63, 3.8) is 0 Å². The molecule has 2 rings (SSSR count). The molecule has 1 aliphatic rings. The predicted molar refractivity (Wildman–Crippen MR) is 59.9 cm³/mol. The Morgan fingerprint density at radius 2 is 2.27 bits per heavy atom. The third kappa shape index (κ3) is 1.61. The van der Waals surface area contributed by atoms with Gasteiger partial charge in [0.1, 0.15) is 5.75 Å². The van der Waals surface area contributed by atoms with Crippen LogP contribution in [0.15, 0.2) is 24.3 Å². The van der Waals surface area contributed by atoms with Gasteiger partial charge in [0.15, 0.2) is 0 Å². The molecule has 1 aromatic rings. The maximum absolute atomic E-state index is 11.6. The zero-order chi connectivity index (χ0) is 10.8. The first-order valence-electron chi connectivity index (χ1n) is 4.96. The second kappa shape index (κ2) is 3.77. The molecule has 0 unspecified atom stereocenters. The largest absolute Gasteiger partial charge is 0.497 e. The third-order valence-electron chi connectivity index (χ3n) is 2.42. The van der Waals surface area contributed by atoms with Gasteiger partial charge in [-0.3, -0.25) is 4.79 Å². The highest BCUT2D eigenvalue weighted by Crippen LogP contribution is 2.34. The summed E-state index contributed by atoms with van der Waals surface area (Å²) in [5, 5.41) is 2.82. The molecule has 0 aliphatic carbocycles. The first-order chi connectivity index (χ1) is 7.26. The fraction of sp³-hybridized carbons (Fsp3) is 0.250. The molecular formula is C12H13NO2. The maximum atomic E-state index is 11.6. The number of allylic oxidation sites excluding steroid dienone is 1. The van der Waals surface area contributed by atoms with Crippen molar-refractivity contribution in [3.05, 3.63) is 29.8 Å². The Kier molecular flexibility index (Phi) is 2.46. The number of hydrogen-bond donors (Lipinski definition) is 1. The predicted octanol–water partition coefficient (Wildman–Crippen LogP) is 2.44. The highest BCUT2D eigenvalue weighted by Gasteiger charge is 2.23. The van der Waals surface area contributed by atoms with Gasteiger partial charge >= 0.3 is 0 Å². The Hall–Kier alpha value is -1.77.